The third kappa shape index (κ3) is 4.03. The van der Waals surface area contributed by atoms with Gasteiger partial charge in [0, 0.05) is 11.9 Å². The van der Waals surface area contributed by atoms with Gasteiger partial charge in [-0.25, -0.2) is 0 Å². The fraction of sp³-hybridized carbons (Fsp3) is 0.417. The van der Waals surface area contributed by atoms with Crippen molar-refractivity contribution in [1.29, 1.82) is 0 Å². The number of nitrogens with one attached hydrogen (secondary N) is 1. The van der Waals surface area contributed by atoms with E-state index in [1.54, 1.807) is 24.3 Å². The van der Waals surface area contributed by atoms with Crippen molar-refractivity contribution in [3.05, 3.63) is 34.9 Å². The van der Waals surface area contributed by atoms with Gasteiger partial charge in [-0.15, -0.1) is 11.6 Å². The van der Waals surface area contributed by atoms with Gasteiger partial charge in [0.15, 0.2) is 0 Å². The Kier molecular flexibility index (Phi) is 5.64. The van der Waals surface area contributed by atoms with E-state index in [9.17, 15) is 4.79 Å². The second-order valence-electron chi connectivity index (χ2n) is 3.53. The maximum atomic E-state index is 11.7. The molecule has 1 rings (SSSR count). The summed E-state index contributed by atoms with van der Waals surface area (Å²) in [5.41, 5.74) is 0.506. The van der Waals surface area contributed by atoms with Crippen LogP contribution in [0.2, 0.25) is 5.02 Å². The molecule has 0 saturated carbocycles. The highest BCUT2D eigenvalue weighted by Crippen LogP contribution is 2.14. The van der Waals surface area contributed by atoms with Crippen molar-refractivity contribution < 1.29 is 4.79 Å². The molecule has 0 heterocycles. The first-order chi connectivity index (χ1) is 7.65. The average molecular weight is 260 g/mol. The van der Waals surface area contributed by atoms with Crippen molar-refractivity contribution in [3.63, 3.8) is 0 Å². The van der Waals surface area contributed by atoms with E-state index in [0.29, 0.717) is 17.1 Å². The van der Waals surface area contributed by atoms with Gasteiger partial charge in [0.05, 0.1) is 10.6 Å². The summed E-state index contributed by atoms with van der Waals surface area (Å²) in [4.78, 5) is 11.7. The molecule has 16 heavy (non-hydrogen) atoms. The van der Waals surface area contributed by atoms with Crippen LogP contribution in [0.25, 0.3) is 0 Å². The minimum atomic E-state index is -0.148. The number of amides is 1. The van der Waals surface area contributed by atoms with Gasteiger partial charge in [-0.05, 0) is 25.0 Å². The highest BCUT2D eigenvalue weighted by molar-refractivity contribution is 6.33. The number of hydrogen-bond donors (Lipinski definition) is 1. The van der Waals surface area contributed by atoms with E-state index in [1.807, 2.05) is 6.92 Å². The van der Waals surface area contributed by atoms with Crippen molar-refractivity contribution in [2.75, 3.05) is 6.54 Å². The first kappa shape index (κ1) is 13.3. The van der Waals surface area contributed by atoms with Gasteiger partial charge >= 0.3 is 0 Å². The summed E-state index contributed by atoms with van der Waals surface area (Å²) in [5, 5.41) is 3.38. The highest BCUT2D eigenvalue weighted by Gasteiger charge is 2.09. The van der Waals surface area contributed by atoms with Crippen molar-refractivity contribution >= 4 is 29.1 Å². The molecule has 0 aromatic heterocycles. The normalized spacial score (nSPS) is 12.2. The number of benzene rings is 1. The van der Waals surface area contributed by atoms with E-state index in [0.717, 1.165) is 12.8 Å². The molecule has 0 aliphatic rings. The fourth-order valence-electron chi connectivity index (χ4n) is 1.29. The van der Waals surface area contributed by atoms with Crippen LogP contribution in [0.3, 0.4) is 0 Å². The Balaban J connectivity index is 2.44. The zero-order chi connectivity index (χ0) is 12.0. The molecule has 1 aromatic carbocycles. The minimum Gasteiger partial charge on any atom is -0.352 e. The molecule has 1 N–H and O–H groups in total. The number of alkyl halides is 1. The number of hydrogen-bond acceptors (Lipinski definition) is 1. The van der Waals surface area contributed by atoms with Crippen molar-refractivity contribution in [2.45, 2.75) is 25.1 Å². The molecule has 1 unspecified atom stereocenters. The Morgan fingerprint density at radius 1 is 1.44 bits per heavy atom. The smallest absolute Gasteiger partial charge is 0.252 e. The van der Waals surface area contributed by atoms with Gasteiger partial charge in [0.2, 0.25) is 0 Å². The number of rotatable bonds is 5. The Morgan fingerprint density at radius 2 is 2.12 bits per heavy atom. The third-order valence-corrected chi connectivity index (χ3v) is 3.16. The summed E-state index contributed by atoms with van der Waals surface area (Å²) < 4.78 is 0. The Morgan fingerprint density at radius 3 is 2.75 bits per heavy atom. The fourth-order valence-corrected chi connectivity index (χ4v) is 1.62. The van der Waals surface area contributed by atoms with Gasteiger partial charge in [-0.2, -0.15) is 0 Å². The molecular formula is C12H15Cl2NO. The maximum absolute atomic E-state index is 11.7. The average Bonchev–Trinajstić information content (AvgIpc) is 2.29. The lowest BCUT2D eigenvalue weighted by molar-refractivity contribution is 0.0953. The van der Waals surface area contributed by atoms with E-state index in [-0.39, 0.29) is 11.3 Å². The van der Waals surface area contributed by atoms with Crippen molar-refractivity contribution in [2.24, 2.45) is 0 Å². The molecule has 0 bridgehead atoms. The minimum absolute atomic E-state index is 0.117. The predicted octanol–water partition coefficient (Wildman–Crippen LogP) is 3.48. The van der Waals surface area contributed by atoms with Crippen LogP contribution in [-0.4, -0.2) is 17.8 Å². The van der Waals surface area contributed by atoms with Crippen LogP contribution in [0.4, 0.5) is 0 Å². The largest absolute Gasteiger partial charge is 0.352 e. The molecule has 88 valence electrons. The van der Waals surface area contributed by atoms with E-state index < -0.39 is 0 Å². The lowest BCUT2D eigenvalue weighted by Gasteiger charge is -2.08. The predicted molar refractivity (Wildman–Crippen MR) is 68.3 cm³/mol. The quantitative estimate of drug-likeness (QED) is 0.807. The maximum Gasteiger partial charge on any atom is 0.252 e. The van der Waals surface area contributed by atoms with Crippen LogP contribution in [0.15, 0.2) is 24.3 Å². The van der Waals surface area contributed by atoms with Gasteiger partial charge in [0.25, 0.3) is 5.91 Å². The number of carbonyl (C=O) groups is 1. The Bertz CT molecular complexity index is 355. The summed E-state index contributed by atoms with van der Waals surface area (Å²) in [6.07, 6.45) is 1.68. The number of halogens is 2. The zero-order valence-electron chi connectivity index (χ0n) is 9.17. The van der Waals surface area contributed by atoms with E-state index in [1.165, 1.54) is 0 Å². The Hall–Kier alpha value is -0.730. The van der Waals surface area contributed by atoms with Gasteiger partial charge in [0.1, 0.15) is 0 Å². The van der Waals surface area contributed by atoms with E-state index >= 15 is 0 Å². The topological polar surface area (TPSA) is 29.1 Å². The molecule has 1 aromatic rings. The molecule has 0 aliphatic heterocycles. The van der Waals surface area contributed by atoms with Crippen LogP contribution in [0.5, 0.6) is 0 Å². The first-order valence-electron chi connectivity index (χ1n) is 5.32. The molecule has 0 spiro atoms. The van der Waals surface area contributed by atoms with Gasteiger partial charge in [-0.3, -0.25) is 4.79 Å². The van der Waals surface area contributed by atoms with Gasteiger partial charge < -0.3 is 5.32 Å². The molecule has 0 saturated heterocycles. The van der Waals surface area contributed by atoms with E-state index in [4.69, 9.17) is 23.2 Å². The van der Waals surface area contributed by atoms with Crippen LogP contribution >= 0.6 is 23.2 Å². The molecule has 4 heteroatoms. The second-order valence-corrected chi connectivity index (χ2v) is 4.55. The molecule has 1 atom stereocenters. The molecule has 0 radical (unpaired) electrons. The molecule has 1 amide bonds. The third-order valence-electron chi connectivity index (χ3n) is 2.30. The van der Waals surface area contributed by atoms with Crippen LogP contribution in [0, 0.1) is 0 Å². The van der Waals surface area contributed by atoms with Gasteiger partial charge in [-0.1, -0.05) is 30.7 Å². The van der Waals surface area contributed by atoms with E-state index in [2.05, 4.69) is 5.32 Å². The highest BCUT2D eigenvalue weighted by atomic mass is 35.5. The molecule has 0 aliphatic carbocycles. The van der Waals surface area contributed by atoms with Crippen LogP contribution < -0.4 is 5.32 Å². The standard InChI is InChI=1S/C12H15Cl2NO/c1-2-9(13)7-8-15-12(16)10-5-3-4-6-11(10)14/h3-6,9H,2,7-8H2,1H3,(H,15,16). The second kappa shape index (κ2) is 6.77. The SMILES string of the molecule is CCC(Cl)CCNC(=O)c1ccccc1Cl. The summed E-state index contributed by atoms with van der Waals surface area (Å²) >= 11 is 11.8. The Labute approximate surface area is 106 Å². The summed E-state index contributed by atoms with van der Waals surface area (Å²) in [6, 6.07) is 6.99. The summed E-state index contributed by atoms with van der Waals surface area (Å²) in [6.45, 7) is 2.60. The zero-order valence-corrected chi connectivity index (χ0v) is 10.7. The van der Waals surface area contributed by atoms with Crippen LogP contribution in [0.1, 0.15) is 30.1 Å². The molecular weight excluding hydrogens is 245 g/mol. The summed E-state index contributed by atoms with van der Waals surface area (Å²) in [7, 11) is 0. The summed E-state index contributed by atoms with van der Waals surface area (Å²) in [5.74, 6) is -0.148. The molecule has 2 nitrogen and oxygen atoms in total. The van der Waals surface area contributed by atoms with Crippen molar-refractivity contribution in [3.8, 4) is 0 Å². The van der Waals surface area contributed by atoms with Crippen molar-refractivity contribution in [1.82, 2.24) is 5.32 Å². The first-order valence-corrected chi connectivity index (χ1v) is 6.13. The number of carbonyl (C=O) groups excluding carboxylic acids is 1. The monoisotopic (exact) mass is 259 g/mol. The lowest BCUT2D eigenvalue weighted by Crippen LogP contribution is -2.26. The lowest BCUT2D eigenvalue weighted by atomic mass is 10.2. The van der Waals surface area contributed by atoms with Crippen LogP contribution in [-0.2, 0) is 0 Å². The molecule has 0 fully saturated rings.